The average Bonchev–Trinajstić information content (AvgIpc) is 2.51. The molecule has 0 bridgehead atoms. The highest BCUT2D eigenvalue weighted by Gasteiger charge is 2.14. The Labute approximate surface area is 128 Å². The van der Waals surface area contributed by atoms with E-state index in [9.17, 15) is 10.1 Å². The van der Waals surface area contributed by atoms with Gasteiger partial charge in [-0.1, -0.05) is 52.2 Å². The van der Waals surface area contributed by atoms with Crippen LogP contribution in [0.25, 0.3) is 0 Å². The summed E-state index contributed by atoms with van der Waals surface area (Å²) in [6.07, 6.45) is 5.88. The van der Waals surface area contributed by atoms with Gasteiger partial charge in [0.25, 0.3) is 5.69 Å². The molecule has 0 spiro atoms. The fraction of sp³-hybridized carbons (Fsp3) is 0.647. The molecule has 118 valence electrons. The van der Waals surface area contributed by atoms with Gasteiger partial charge in [0.2, 0.25) is 0 Å². The van der Waals surface area contributed by atoms with Crippen LogP contribution in [0.5, 0.6) is 0 Å². The van der Waals surface area contributed by atoms with Gasteiger partial charge in [0.15, 0.2) is 0 Å². The lowest BCUT2D eigenvalue weighted by Gasteiger charge is -2.22. The van der Waals surface area contributed by atoms with Crippen LogP contribution < -0.4 is 5.32 Å². The number of nitrogens with zero attached hydrogens (tertiary/aromatic N) is 1. The fourth-order valence-corrected chi connectivity index (χ4v) is 2.61. The van der Waals surface area contributed by atoms with E-state index in [1.807, 2.05) is 6.07 Å². The minimum Gasteiger partial charge on any atom is -0.310 e. The first-order chi connectivity index (χ1) is 10.1. The first-order valence-corrected chi connectivity index (χ1v) is 8.10. The molecule has 0 saturated heterocycles. The molecule has 0 amide bonds. The van der Waals surface area contributed by atoms with E-state index < -0.39 is 0 Å². The SMILES string of the molecule is CCCCC(CC)CNC(CC)c1cccc([N+](=O)[O-])c1. The Bertz CT molecular complexity index is 435. The summed E-state index contributed by atoms with van der Waals surface area (Å²) < 4.78 is 0. The van der Waals surface area contributed by atoms with Gasteiger partial charge in [-0.2, -0.15) is 0 Å². The maximum atomic E-state index is 10.9. The van der Waals surface area contributed by atoms with Crippen LogP contribution in [0, 0.1) is 16.0 Å². The molecule has 1 aromatic carbocycles. The Balaban J connectivity index is 2.65. The number of benzene rings is 1. The van der Waals surface area contributed by atoms with Gasteiger partial charge in [0.05, 0.1) is 4.92 Å². The van der Waals surface area contributed by atoms with Gasteiger partial charge < -0.3 is 5.32 Å². The van der Waals surface area contributed by atoms with Crippen molar-refractivity contribution in [2.45, 2.75) is 58.9 Å². The second-order valence-corrected chi connectivity index (χ2v) is 5.64. The standard InChI is InChI=1S/C17H28N2O2/c1-4-7-9-14(5-2)13-18-17(6-3)15-10-8-11-16(12-15)19(20)21/h8,10-12,14,17-18H,4-7,9,13H2,1-3H3. The van der Waals surface area contributed by atoms with E-state index in [1.165, 1.54) is 25.7 Å². The third kappa shape index (κ3) is 5.84. The molecule has 4 heteroatoms. The zero-order valence-electron chi connectivity index (χ0n) is 13.5. The van der Waals surface area contributed by atoms with E-state index in [-0.39, 0.29) is 16.7 Å². The predicted octanol–water partition coefficient (Wildman–Crippen LogP) is 4.85. The average molecular weight is 292 g/mol. The van der Waals surface area contributed by atoms with E-state index in [4.69, 9.17) is 0 Å². The summed E-state index contributed by atoms with van der Waals surface area (Å²) in [4.78, 5) is 10.6. The van der Waals surface area contributed by atoms with Gasteiger partial charge in [-0.05, 0) is 30.9 Å². The van der Waals surface area contributed by atoms with Gasteiger partial charge >= 0.3 is 0 Å². The van der Waals surface area contributed by atoms with Gasteiger partial charge in [0, 0.05) is 18.2 Å². The molecule has 0 aliphatic rings. The second-order valence-electron chi connectivity index (χ2n) is 5.64. The zero-order chi connectivity index (χ0) is 15.7. The maximum Gasteiger partial charge on any atom is 0.269 e. The van der Waals surface area contributed by atoms with Crippen LogP contribution in [-0.2, 0) is 0 Å². The predicted molar refractivity (Wildman–Crippen MR) is 87.4 cm³/mol. The highest BCUT2D eigenvalue weighted by atomic mass is 16.6. The Kier molecular flexibility index (Phi) is 7.98. The lowest BCUT2D eigenvalue weighted by molar-refractivity contribution is -0.384. The number of nitro benzene ring substituents is 1. The minimum atomic E-state index is -0.327. The van der Waals surface area contributed by atoms with Crippen LogP contribution in [0.2, 0.25) is 0 Å². The summed E-state index contributed by atoms with van der Waals surface area (Å²) >= 11 is 0. The lowest BCUT2D eigenvalue weighted by Crippen LogP contribution is -2.27. The summed E-state index contributed by atoms with van der Waals surface area (Å²) in [5.41, 5.74) is 1.18. The summed E-state index contributed by atoms with van der Waals surface area (Å²) in [6.45, 7) is 7.55. The highest BCUT2D eigenvalue weighted by Crippen LogP contribution is 2.22. The maximum absolute atomic E-state index is 10.9. The van der Waals surface area contributed by atoms with Crippen molar-refractivity contribution in [3.8, 4) is 0 Å². The smallest absolute Gasteiger partial charge is 0.269 e. The van der Waals surface area contributed by atoms with Crippen molar-refractivity contribution < 1.29 is 4.92 Å². The number of hydrogen-bond acceptors (Lipinski definition) is 3. The highest BCUT2D eigenvalue weighted by molar-refractivity contribution is 5.35. The van der Waals surface area contributed by atoms with E-state index in [2.05, 4.69) is 26.1 Å². The van der Waals surface area contributed by atoms with Crippen molar-refractivity contribution in [1.82, 2.24) is 5.32 Å². The molecule has 1 aromatic rings. The molecule has 2 atom stereocenters. The topological polar surface area (TPSA) is 55.2 Å². The van der Waals surface area contributed by atoms with Crippen LogP contribution in [0.1, 0.15) is 64.5 Å². The summed E-state index contributed by atoms with van der Waals surface area (Å²) in [7, 11) is 0. The van der Waals surface area contributed by atoms with Crippen molar-refractivity contribution in [3.63, 3.8) is 0 Å². The molecule has 1 N–H and O–H groups in total. The van der Waals surface area contributed by atoms with Crippen LogP contribution in [0.4, 0.5) is 5.69 Å². The Morgan fingerprint density at radius 3 is 2.57 bits per heavy atom. The molecule has 2 unspecified atom stereocenters. The molecule has 1 rings (SSSR count). The molecule has 0 aromatic heterocycles. The van der Waals surface area contributed by atoms with E-state index in [1.54, 1.807) is 18.2 Å². The summed E-state index contributed by atoms with van der Waals surface area (Å²) in [5.74, 6) is 0.692. The molecular weight excluding hydrogens is 264 g/mol. The first-order valence-electron chi connectivity index (χ1n) is 8.10. The largest absolute Gasteiger partial charge is 0.310 e. The monoisotopic (exact) mass is 292 g/mol. The molecule has 0 aliphatic carbocycles. The normalized spacial score (nSPS) is 13.9. The van der Waals surface area contributed by atoms with Crippen LogP contribution >= 0.6 is 0 Å². The van der Waals surface area contributed by atoms with Gasteiger partial charge in [-0.15, -0.1) is 0 Å². The number of hydrogen-bond donors (Lipinski definition) is 1. The number of nitrogens with one attached hydrogen (secondary N) is 1. The molecule has 4 nitrogen and oxygen atoms in total. The zero-order valence-corrected chi connectivity index (χ0v) is 13.5. The quantitative estimate of drug-likeness (QED) is 0.495. The van der Waals surface area contributed by atoms with Crippen LogP contribution in [-0.4, -0.2) is 11.5 Å². The molecule has 0 fully saturated rings. The number of nitro groups is 1. The molecule has 0 saturated carbocycles. The van der Waals surface area contributed by atoms with Crippen molar-refractivity contribution >= 4 is 5.69 Å². The van der Waals surface area contributed by atoms with Gasteiger partial charge in [-0.3, -0.25) is 10.1 Å². The van der Waals surface area contributed by atoms with Crippen molar-refractivity contribution in [2.75, 3.05) is 6.54 Å². The van der Waals surface area contributed by atoms with Crippen molar-refractivity contribution in [2.24, 2.45) is 5.92 Å². The fourth-order valence-electron chi connectivity index (χ4n) is 2.61. The van der Waals surface area contributed by atoms with Crippen molar-refractivity contribution in [1.29, 1.82) is 0 Å². The van der Waals surface area contributed by atoms with Crippen LogP contribution in [0.15, 0.2) is 24.3 Å². The summed E-state index contributed by atoms with van der Waals surface area (Å²) in [5, 5.41) is 14.5. The van der Waals surface area contributed by atoms with Gasteiger partial charge in [-0.25, -0.2) is 0 Å². The first kappa shape index (κ1) is 17.6. The van der Waals surface area contributed by atoms with E-state index >= 15 is 0 Å². The number of unbranched alkanes of at least 4 members (excludes halogenated alkanes) is 1. The van der Waals surface area contributed by atoms with E-state index in [0.29, 0.717) is 5.92 Å². The second kappa shape index (κ2) is 9.50. The van der Waals surface area contributed by atoms with Crippen LogP contribution in [0.3, 0.4) is 0 Å². The molecular formula is C17H28N2O2. The van der Waals surface area contributed by atoms with Gasteiger partial charge in [0.1, 0.15) is 0 Å². The Morgan fingerprint density at radius 2 is 2.00 bits per heavy atom. The number of rotatable bonds is 10. The molecule has 0 radical (unpaired) electrons. The minimum absolute atomic E-state index is 0.172. The Morgan fingerprint density at radius 1 is 1.24 bits per heavy atom. The molecule has 21 heavy (non-hydrogen) atoms. The third-order valence-electron chi connectivity index (χ3n) is 4.09. The molecule has 0 aliphatic heterocycles. The van der Waals surface area contributed by atoms with E-state index in [0.717, 1.165) is 18.5 Å². The number of non-ortho nitro benzene ring substituents is 1. The summed E-state index contributed by atoms with van der Waals surface area (Å²) in [6, 6.07) is 7.17. The molecule has 0 heterocycles. The van der Waals surface area contributed by atoms with Crippen molar-refractivity contribution in [3.05, 3.63) is 39.9 Å². The third-order valence-corrected chi connectivity index (χ3v) is 4.09. The Hall–Kier alpha value is -1.42. The lowest BCUT2D eigenvalue weighted by atomic mass is 9.97.